The topological polar surface area (TPSA) is 78.0 Å². The smallest absolute Gasteiger partial charge is 0.245 e. The van der Waals surface area contributed by atoms with Gasteiger partial charge in [0.15, 0.2) is 0 Å². The van der Waals surface area contributed by atoms with Crippen LogP contribution in [0.3, 0.4) is 0 Å². The molecule has 0 spiro atoms. The Bertz CT molecular complexity index is 1240. The molecule has 1 aliphatic rings. The largest absolute Gasteiger partial charge is 0.273 e. The molecule has 5 rings (SSSR count). The molecule has 4 aromatic rings. The first-order valence-corrected chi connectivity index (χ1v) is 11.4. The van der Waals surface area contributed by atoms with Crippen LogP contribution in [0.1, 0.15) is 38.6 Å². The van der Waals surface area contributed by atoms with Crippen molar-refractivity contribution in [3.05, 3.63) is 73.2 Å². The van der Waals surface area contributed by atoms with Gasteiger partial charge >= 0.3 is 0 Å². The van der Waals surface area contributed by atoms with Crippen LogP contribution in [0.4, 0.5) is 0 Å². The number of amides is 1. The van der Waals surface area contributed by atoms with E-state index in [0.29, 0.717) is 12.3 Å². The molecule has 2 atom stereocenters. The Morgan fingerprint density at radius 1 is 1.06 bits per heavy atom. The van der Waals surface area contributed by atoms with E-state index in [0.717, 1.165) is 47.3 Å². The van der Waals surface area contributed by atoms with E-state index in [1.807, 2.05) is 41.0 Å². The summed E-state index contributed by atoms with van der Waals surface area (Å²) in [7, 11) is 0. The molecule has 0 bridgehead atoms. The normalized spacial score (nSPS) is 18.2. The van der Waals surface area contributed by atoms with Crippen molar-refractivity contribution in [2.45, 2.75) is 38.6 Å². The van der Waals surface area contributed by atoms with E-state index in [1.54, 1.807) is 6.20 Å². The van der Waals surface area contributed by atoms with Crippen LogP contribution in [-0.4, -0.2) is 36.9 Å². The Labute approximate surface area is 192 Å². The fourth-order valence-corrected chi connectivity index (χ4v) is 4.41. The molecular weight excluding hydrogens is 412 g/mol. The Kier molecular flexibility index (Phi) is 5.93. The molecule has 166 valence electrons. The third-order valence-corrected chi connectivity index (χ3v) is 6.25. The number of carbonyl (C=O) groups excluding carboxylic acids is 1. The fourth-order valence-electron chi connectivity index (χ4n) is 4.41. The van der Waals surface area contributed by atoms with Gasteiger partial charge < -0.3 is 0 Å². The zero-order chi connectivity index (χ0) is 22.6. The van der Waals surface area contributed by atoms with Crippen LogP contribution < -0.4 is 0 Å². The van der Waals surface area contributed by atoms with Gasteiger partial charge in [-0.05, 0) is 54.5 Å². The van der Waals surface area contributed by atoms with Crippen LogP contribution in [0, 0.1) is 5.92 Å². The number of aliphatic imine (C=N–C) groups is 1. The van der Waals surface area contributed by atoms with Gasteiger partial charge in [-0.3, -0.25) is 4.79 Å². The molecule has 7 nitrogen and oxygen atoms in total. The molecule has 1 fully saturated rings. The van der Waals surface area contributed by atoms with Crippen LogP contribution in [0.25, 0.3) is 28.1 Å². The number of hydrogen-bond acceptors (Lipinski definition) is 4. The van der Waals surface area contributed by atoms with Crippen molar-refractivity contribution in [2.24, 2.45) is 10.9 Å². The quantitative estimate of drug-likeness (QED) is 0.390. The molecule has 1 saturated carbocycles. The van der Waals surface area contributed by atoms with Crippen LogP contribution in [0.5, 0.6) is 0 Å². The summed E-state index contributed by atoms with van der Waals surface area (Å²) in [5, 5.41) is 12.8. The minimum Gasteiger partial charge on any atom is -0.273 e. The van der Waals surface area contributed by atoms with Crippen molar-refractivity contribution in [1.82, 2.24) is 24.8 Å². The van der Waals surface area contributed by atoms with Crippen molar-refractivity contribution in [2.75, 3.05) is 0 Å². The Hall–Kier alpha value is -3.87. The minimum atomic E-state index is -0.0592. The van der Waals surface area contributed by atoms with E-state index in [-0.39, 0.29) is 11.9 Å². The fraction of sp³-hybridized carbons (Fsp3) is 0.269. The summed E-state index contributed by atoms with van der Waals surface area (Å²) in [5.74, 6) is 0.255. The van der Waals surface area contributed by atoms with Crippen molar-refractivity contribution in [1.29, 1.82) is 0 Å². The van der Waals surface area contributed by atoms with Gasteiger partial charge in [-0.2, -0.15) is 5.10 Å². The summed E-state index contributed by atoms with van der Waals surface area (Å²) in [5.41, 5.74) is 5.46. The van der Waals surface area contributed by atoms with E-state index >= 15 is 0 Å². The van der Waals surface area contributed by atoms with Gasteiger partial charge in [0.05, 0.1) is 23.6 Å². The van der Waals surface area contributed by atoms with E-state index in [1.165, 1.54) is 0 Å². The predicted molar refractivity (Wildman–Crippen MR) is 128 cm³/mol. The lowest BCUT2D eigenvalue weighted by Gasteiger charge is -2.14. The second kappa shape index (κ2) is 9.32. The first-order valence-electron chi connectivity index (χ1n) is 11.4. The summed E-state index contributed by atoms with van der Waals surface area (Å²) >= 11 is 0. The molecule has 0 aliphatic heterocycles. The summed E-state index contributed by atoms with van der Waals surface area (Å²) < 4.78 is 3.88. The highest BCUT2D eigenvalue weighted by Gasteiger charge is 2.27. The third kappa shape index (κ3) is 4.53. The molecule has 0 unspecified atom stereocenters. The van der Waals surface area contributed by atoms with Crippen molar-refractivity contribution in [3.8, 4) is 28.1 Å². The predicted octanol–water partition coefficient (Wildman–Crippen LogP) is 5.15. The first-order chi connectivity index (χ1) is 16.2. The number of nitrogens with zero attached hydrogens (tertiary/aromatic N) is 6. The first kappa shape index (κ1) is 21.0. The molecule has 0 N–H and O–H groups in total. The average Bonchev–Trinajstić information content (AvgIpc) is 3.64. The highest BCUT2D eigenvalue weighted by atomic mass is 16.1. The van der Waals surface area contributed by atoms with Gasteiger partial charge in [-0.25, -0.2) is 14.4 Å². The molecule has 33 heavy (non-hydrogen) atoms. The van der Waals surface area contributed by atoms with Crippen molar-refractivity contribution < 1.29 is 4.79 Å². The summed E-state index contributed by atoms with van der Waals surface area (Å²) in [4.78, 5) is 15.6. The molecule has 0 radical (unpaired) electrons. The Morgan fingerprint density at radius 3 is 2.48 bits per heavy atom. The molecule has 0 saturated heterocycles. The second-order valence-corrected chi connectivity index (χ2v) is 8.39. The minimum absolute atomic E-state index is 0.0592. The number of aromatic nitrogens is 5. The molecule has 2 aromatic carbocycles. The Balaban J connectivity index is 1.30. The van der Waals surface area contributed by atoms with Gasteiger partial charge in [0, 0.05) is 30.6 Å². The maximum absolute atomic E-state index is 11.5. The van der Waals surface area contributed by atoms with Crippen LogP contribution in [0.15, 0.2) is 78.2 Å². The third-order valence-electron chi connectivity index (χ3n) is 6.25. The average molecular weight is 439 g/mol. The maximum atomic E-state index is 11.5. The maximum Gasteiger partial charge on any atom is 0.245 e. The molecule has 1 amide bonds. The van der Waals surface area contributed by atoms with Crippen LogP contribution in [0.2, 0.25) is 0 Å². The van der Waals surface area contributed by atoms with E-state index in [4.69, 9.17) is 0 Å². The van der Waals surface area contributed by atoms with E-state index in [2.05, 4.69) is 68.9 Å². The van der Waals surface area contributed by atoms with Gasteiger partial charge in [0.25, 0.3) is 0 Å². The number of rotatable bonds is 6. The number of carbonyl (C=O) groups is 1. The lowest BCUT2D eigenvalue weighted by molar-refractivity contribution is -0.117. The van der Waals surface area contributed by atoms with Crippen molar-refractivity contribution in [3.63, 3.8) is 0 Å². The molecule has 7 heteroatoms. The lowest BCUT2D eigenvalue weighted by atomic mass is 10.0. The van der Waals surface area contributed by atoms with Gasteiger partial charge in [0.1, 0.15) is 0 Å². The Morgan fingerprint density at radius 2 is 1.79 bits per heavy atom. The summed E-state index contributed by atoms with van der Waals surface area (Å²) in [6, 6.07) is 19.1. The number of benzene rings is 2. The number of hydrogen-bond donors (Lipinski definition) is 0. The summed E-state index contributed by atoms with van der Waals surface area (Å²) in [6.07, 6.45) is 10.8. The van der Waals surface area contributed by atoms with Gasteiger partial charge in [-0.15, -0.1) is 5.10 Å². The van der Waals surface area contributed by atoms with Gasteiger partial charge in [-0.1, -0.05) is 48.5 Å². The van der Waals surface area contributed by atoms with E-state index < -0.39 is 0 Å². The zero-order valence-corrected chi connectivity index (χ0v) is 18.6. The molecule has 2 heterocycles. The zero-order valence-electron chi connectivity index (χ0n) is 18.6. The molecule has 2 aromatic heterocycles. The highest BCUT2D eigenvalue weighted by Crippen LogP contribution is 2.36. The SMILES string of the molecule is CCC(=O)N=C[C@H]1CC[C@@H](n2nncc2-c2ccc(-c3ccc(-n4cccn4)cc3)cc2)C1. The van der Waals surface area contributed by atoms with Crippen LogP contribution >= 0.6 is 0 Å². The lowest BCUT2D eigenvalue weighted by Crippen LogP contribution is -2.10. The van der Waals surface area contributed by atoms with Crippen LogP contribution in [-0.2, 0) is 4.79 Å². The van der Waals surface area contributed by atoms with Crippen molar-refractivity contribution >= 4 is 12.1 Å². The van der Waals surface area contributed by atoms with Gasteiger partial charge in [0.2, 0.25) is 5.91 Å². The second-order valence-electron chi connectivity index (χ2n) is 8.39. The van der Waals surface area contributed by atoms with E-state index in [9.17, 15) is 4.79 Å². The molecule has 1 aliphatic carbocycles. The summed E-state index contributed by atoms with van der Waals surface area (Å²) in [6.45, 7) is 1.83. The molecular formula is C26H26N6O. The highest BCUT2D eigenvalue weighted by molar-refractivity contribution is 5.85. The monoisotopic (exact) mass is 438 g/mol. The standard InChI is InChI=1S/C26H26N6O/c1-2-26(33)27-17-19-4-11-24(16-19)32-25(18-28-30-32)22-7-5-20(6-8-22)21-9-12-23(13-10-21)31-15-3-14-29-31/h3,5-10,12-15,17-19,24H,2,4,11,16H2,1H3/t19-,24+/m0/s1.